The second kappa shape index (κ2) is 6.01. The number of likely N-dealkylation sites (tertiary alicyclic amines) is 1. The predicted octanol–water partition coefficient (Wildman–Crippen LogP) is 1.46. The summed E-state index contributed by atoms with van der Waals surface area (Å²) in [5, 5.41) is 11.3. The Labute approximate surface area is 127 Å². The van der Waals surface area contributed by atoms with Crippen molar-refractivity contribution >= 4 is 23.2 Å². The summed E-state index contributed by atoms with van der Waals surface area (Å²) in [6, 6.07) is 0. The molecule has 0 saturated carbocycles. The van der Waals surface area contributed by atoms with Crippen molar-refractivity contribution in [1.82, 2.24) is 9.47 Å². The van der Waals surface area contributed by atoms with Gasteiger partial charge < -0.3 is 10.0 Å². The summed E-state index contributed by atoms with van der Waals surface area (Å²) in [7, 11) is 0. The molecule has 1 unspecified atom stereocenters. The first kappa shape index (κ1) is 15.8. The number of aliphatic carboxylic acids is 1. The first-order chi connectivity index (χ1) is 9.92. The third kappa shape index (κ3) is 2.74. The third-order valence-corrected chi connectivity index (χ3v) is 5.00. The van der Waals surface area contributed by atoms with Crippen LogP contribution in [0.3, 0.4) is 0 Å². The van der Waals surface area contributed by atoms with Crippen molar-refractivity contribution in [1.29, 1.82) is 0 Å². The molecule has 0 aliphatic carbocycles. The van der Waals surface area contributed by atoms with Crippen LogP contribution >= 0.6 is 11.3 Å². The number of carboxylic acids is 1. The fourth-order valence-corrected chi connectivity index (χ4v) is 3.80. The van der Waals surface area contributed by atoms with Crippen molar-refractivity contribution in [3.8, 4) is 0 Å². The van der Waals surface area contributed by atoms with Crippen LogP contribution in [0.4, 0.5) is 0 Å². The number of amides is 1. The van der Waals surface area contributed by atoms with Gasteiger partial charge in [-0.15, -0.1) is 0 Å². The molecular formula is C14H20N2O4S. The van der Waals surface area contributed by atoms with Gasteiger partial charge in [-0.1, -0.05) is 24.7 Å². The van der Waals surface area contributed by atoms with E-state index in [4.69, 9.17) is 0 Å². The summed E-state index contributed by atoms with van der Waals surface area (Å²) in [4.78, 5) is 37.2. The monoisotopic (exact) mass is 312 g/mol. The van der Waals surface area contributed by atoms with E-state index in [9.17, 15) is 19.5 Å². The zero-order valence-corrected chi connectivity index (χ0v) is 13.1. The normalized spacial score (nSPS) is 21.7. The number of thiazole rings is 1. The average molecular weight is 312 g/mol. The second-order valence-corrected chi connectivity index (χ2v) is 6.29. The van der Waals surface area contributed by atoms with Gasteiger partial charge in [0, 0.05) is 17.6 Å². The highest BCUT2D eigenvalue weighted by Crippen LogP contribution is 2.34. The van der Waals surface area contributed by atoms with Crippen LogP contribution in [0.15, 0.2) is 10.2 Å². The van der Waals surface area contributed by atoms with Gasteiger partial charge in [-0.3, -0.25) is 14.2 Å². The lowest BCUT2D eigenvalue weighted by atomic mass is 9.90. The zero-order valence-electron chi connectivity index (χ0n) is 12.3. The Bertz CT molecular complexity index is 606. The van der Waals surface area contributed by atoms with Gasteiger partial charge in [-0.25, -0.2) is 4.79 Å². The highest BCUT2D eigenvalue weighted by Gasteiger charge is 2.49. The van der Waals surface area contributed by atoms with Crippen LogP contribution in [-0.2, 0) is 16.1 Å². The Morgan fingerprint density at radius 1 is 1.48 bits per heavy atom. The van der Waals surface area contributed by atoms with Gasteiger partial charge in [0.05, 0.1) is 0 Å². The van der Waals surface area contributed by atoms with E-state index in [-0.39, 0.29) is 17.3 Å². The summed E-state index contributed by atoms with van der Waals surface area (Å²) in [5.41, 5.74) is -0.367. The number of rotatable bonds is 5. The minimum absolute atomic E-state index is 0.0765. The number of hydrogen-bond donors (Lipinski definition) is 1. The van der Waals surface area contributed by atoms with Crippen molar-refractivity contribution in [2.75, 3.05) is 6.54 Å². The van der Waals surface area contributed by atoms with Gasteiger partial charge in [0.15, 0.2) is 0 Å². The van der Waals surface area contributed by atoms with Gasteiger partial charge >= 0.3 is 10.8 Å². The maximum atomic E-state index is 12.5. The lowest BCUT2D eigenvalue weighted by Crippen LogP contribution is -2.54. The Morgan fingerprint density at radius 2 is 2.19 bits per heavy atom. The number of carboxylic acid groups (broad SMARTS) is 1. The number of carbonyl (C=O) groups is 2. The zero-order chi connectivity index (χ0) is 15.6. The number of aryl methyl sites for hydroxylation is 1. The Hall–Kier alpha value is -1.63. The molecule has 2 heterocycles. The molecule has 2 rings (SSSR count). The van der Waals surface area contributed by atoms with Crippen molar-refractivity contribution in [2.45, 2.75) is 51.6 Å². The molecular weight excluding hydrogens is 292 g/mol. The summed E-state index contributed by atoms with van der Waals surface area (Å²) >= 11 is 1.05. The predicted molar refractivity (Wildman–Crippen MR) is 79.5 cm³/mol. The Kier molecular flexibility index (Phi) is 4.51. The maximum Gasteiger partial charge on any atom is 0.329 e. The molecule has 6 nitrogen and oxygen atoms in total. The summed E-state index contributed by atoms with van der Waals surface area (Å²) in [6.07, 6.45) is 2.33. The van der Waals surface area contributed by atoms with E-state index in [1.54, 1.807) is 12.3 Å². The Balaban J connectivity index is 2.25. The van der Waals surface area contributed by atoms with Gasteiger partial charge in [0.25, 0.3) is 0 Å². The summed E-state index contributed by atoms with van der Waals surface area (Å²) in [5.74, 6) is -1.23. The van der Waals surface area contributed by atoms with E-state index >= 15 is 0 Å². The van der Waals surface area contributed by atoms with Crippen LogP contribution in [-0.4, -0.2) is 38.5 Å². The van der Waals surface area contributed by atoms with Crippen LogP contribution in [0.1, 0.15) is 38.3 Å². The van der Waals surface area contributed by atoms with E-state index in [1.165, 1.54) is 9.47 Å². The van der Waals surface area contributed by atoms with Crippen LogP contribution in [0.25, 0.3) is 0 Å². The molecule has 7 heteroatoms. The summed E-state index contributed by atoms with van der Waals surface area (Å²) < 4.78 is 1.41. The lowest BCUT2D eigenvalue weighted by molar-refractivity contribution is -0.157. The standard InChI is InChI=1S/C14H20N2O4S/c1-3-5-14(12(18)19)6-4-7-16(14)11(17)8-15-10(2)9-21-13(15)20/h9H,3-8H2,1-2H3,(H,18,19). The quantitative estimate of drug-likeness (QED) is 0.893. The summed E-state index contributed by atoms with van der Waals surface area (Å²) in [6.45, 7) is 4.06. The topological polar surface area (TPSA) is 79.6 Å². The van der Waals surface area contributed by atoms with E-state index in [2.05, 4.69) is 0 Å². The van der Waals surface area contributed by atoms with Gasteiger partial charge in [-0.05, 0) is 26.2 Å². The van der Waals surface area contributed by atoms with Crippen molar-refractivity contribution in [3.63, 3.8) is 0 Å². The van der Waals surface area contributed by atoms with E-state index in [0.29, 0.717) is 32.2 Å². The number of aromatic nitrogens is 1. The second-order valence-electron chi connectivity index (χ2n) is 5.46. The largest absolute Gasteiger partial charge is 0.479 e. The number of carbonyl (C=O) groups excluding carboxylic acids is 1. The molecule has 0 radical (unpaired) electrons. The van der Waals surface area contributed by atoms with Crippen LogP contribution in [0, 0.1) is 6.92 Å². The van der Waals surface area contributed by atoms with Gasteiger partial charge in [0.1, 0.15) is 12.1 Å². The molecule has 1 aromatic heterocycles. The van der Waals surface area contributed by atoms with Gasteiger partial charge in [-0.2, -0.15) is 0 Å². The minimum Gasteiger partial charge on any atom is -0.479 e. The molecule has 0 aromatic carbocycles. The highest BCUT2D eigenvalue weighted by molar-refractivity contribution is 7.07. The number of hydrogen-bond acceptors (Lipinski definition) is 4. The Morgan fingerprint density at radius 3 is 2.71 bits per heavy atom. The molecule has 1 fully saturated rings. The van der Waals surface area contributed by atoms with Crippen molar-refractivity contribution in [3.05, 3.63) is 20.7 Å². The minimum atomic E-state index is -1.10. The smallest absolute Gasteiger partial charge is 0.329 e. The van der Waals surface area contributed by atoms with E-state index < -0.39 is 11.5 Å². The lowest BCUT2D eigenvalue weighted by Gasteiger charge is -2.34. The molecule has 0 spiro atoms. The first-order valence-corrected chi connectivity index (χ1v) is 7.99. The van der Waals surface area contributed by atoms with Crippen molar-refractivity contribution < 1.29 is 14.7 Å². The van der Waals surface area contributed by atoms with E-state index in [0.717, 1.165) is 17.0 Å². The van der Waals surface area contributed by atoms with Crippen molar-refractivity contribution in [2.24, 2.45) is 0 Å². The fourth-order valence-electron chi connectivity index (χ4n) is 3.06. The molecule has 1 amide bonds. The first-order valence-electron chi connectivity index (χ1n) is 7.11. The molecule has 1 aliphatic rings. The average Bonchev–Trinajstić information content (AvgIpc) is 2.98. The molecule has 1 atom stereocenters. The fraction of sp³-hybridized carbons (Fsp3) is 0.643. The SMILES string of the molecule is CCCC1(C(=O)O)CCCN1C(=O)Cn1c(C)csc1=O. The number of nitrogens with zero attached hydrogens (tertiary/aromatic N) is 2. The van der Waals surface area contributed by atoms with Crippen LogP contribution < -0.4 is 4.87 Å². The molecule has 1 aromatic rings. The molecule has 1 saturated heterocycles. The molecule has 116 valence electrons. The molecule has 1 aliphatic heterocycles. The van der Waals surface area contributed by atoms with Gasteiger partial charge in [0.2, 0.25) is 5.91 Å². The molecule has 0 bridgehead atoms. The maximum absolute atomic E-state index is 12.5. The molecule has 21 heavy (non-hydrogen) atoms. The van der Waals surface area contributed by atoms with E-state index in [1.807, 2.05) is 6.92 Å². The third-order valence-electron chi connectivity index (χ3n) is 4.12. The molecule has 1 N–H and O–H groups in total. The van der Waals surface area contributed by atoms with Crippen LogP contribution in [0.2, 0.25) is 0 Å². The highest BCUT2D eigenvalue weighted by atomic mass is 32.1. The van der Waals surface area contributed by atoms with Crippen LogP contribution in [0.5, 0.6) is 0 Å².